The Morgan fingerprint density at radius 2 is 1.95 bits per heavy atom. The van der Waals surface area contributed by atoms with Crippen molar-refractivity contribution in [2.75, 3.05) is 11.9 Å². The van der Waals surface area contributed by atoms with Crippen molar-refractivity contribution in [3.63, 3.8) is 0 Å². The average molecular weight is 322 g/mol. The number of nitrogens with one attached hydrogen (secondary N) is 1. The molecule has 1 aromatic carbocycles. The van der Waals surface area contributed by atoms with E-state index in [1.807, 2.05) is 24.3 Å². The number of benzene rings is 1. The van der Waals surface area contributed by atoms with Gasteiger partial charge in [-0.05, 0) is 37.1 Å². The summed E-state index contributed by atoms with van der Waals surface area (Å²) in [5.41, 5.74) is -0.457. The molecule has 0 amide bonds. The molecular formula is C14H12ClN3O4. The zero-order valence-electron chi connectivity index (χ0n) is 11.4. The van der Waals surface area contributed by atoms with Gasteiger partial charge in [0.2, 0.25) is 0 Å². The molecule has 0 radical (unpaired) electrons. The molecule has 0 aliphatic rings. The Kier molecular flexibility index (Phi) is 3.97. The van der Waals surface area contributed by atoms with E-state index >= 15 is 0 Å². The minimum atomic E-state index is -1.06. The molecule has 0 atom stereocenters. The van der Waals surface area contributed by atoms with Crippen LogP contribution in [0.15, 0.2) is 49.0 Å². The maximum atomic E-state index is 11.0. The first-order chi connectivity index (χ1) is 10.6. The molecule has 0 bridgehead atoms. The van der Waals surface area contributed by atoms with Crippen LogP contribution in [-0.4, -0.2) is 16.1 Å². The minimum absolute atomic E-state index is 0.0229. The highest BCUT2D eigenvalue weighted by atomic mass is 35.5. The van der Waals surface area contributed by atoms with Gasteiger partial charge >= 0.3 is 17.1 Å². The van der Waals surface area contributed by atoms with E-state index in [0.717, 1.165) is 23.2 Å². The van der Waals surface area contributed by atoms with Gasteiger partial charge in [0.15, 0.2) is 0 Å². The Hall–Kier alpha value is -2.54. The number of rotatable bonds is 5. The summed E-state index contributed by atoms with van der Waals surface area (Å²) < 4.78 is 10.5. The third-order valence-electron chi connectivity index (χ3n) is 3.01. The van der Waals surface area contributed by atoms with Gasteiger partial charge in [0, 0.05) is 17.3 Å². The molecule has 3 rings (SSSR count). The lowest BCUT2D eigenvalue weighted by atomic mass is 10.2. The molecule has 8 heteroatoms. The summed E-state index contributed by atoms with van der Waals surface area (Å²) >= 11 is 5.81. The van der Waals surface area contributed by atoms with Gasteiger partial charge in [-0.15, -0.1) is 4.57 Å². The van der Waals surface area contributed by atoms with Crippen LogP contribution in [0.3, 0.4) is 0 Å². The smallest absolute Gasteiger partial charge is 0.385 e. The monoisotopic (exact) mass is 321 g/mol. The second kappa shape index (κ2) is 6.07. The van der Waals surface area contributed by atoms with Crippen LogP contribution >= 0.6 is 11.6 Å². The molecule has 22 heavy (non-hydrogen) atoms. The van der Waals surface area contributed by atoms with Crippen LogP contribution in [0, 0.1) is 0 Å². The fourth-order valence-electron chi connectivity index (χ4n) is 1.97. The minimum Gasteiger partial charge on any atom is -0.385 e. The van der Waals surface area contributed by atoms with Gasteiger partial charge in [0.05, 0.1) is 11.9 Å². The highest BCUT2D eigenvalue weighted by Gasteiger charge is 2.08. The van der Waals surface area contributed by atoms with Crippen LogP contribution in [0.1, 0.15) is 12.1 Å². The molecule has 0 spiro atoms. The Morgan fingerprint density at radius 3 is 2.73 bits per heavy atom. The summed E-state index contributed by atoms with van der Waals surface area (Å²) in [5.74, 6) is -0.0229. The molecule has 0 saturated heterocycles. The van der Waals surface area contributed by atoms with Crippen LogP contribution in [0.5, 0.6) is 0 Å². The van der Waals surface area contributed by atoms with E-state index in [0.29, 0.717) is 17.1 Å². The van der Waals surface area contributed by atoms with Crippen molar-refractivity contribution < 1.29 is 8.94 Å². The lowest BCUT2D eigenvalue weighted by molar-refractivity contribution is 0.275. The molecule has 1 N–H and O–H groups in total. The van der Waals surface area contributed by atoms with Crippen molar-refractivity contribution in [3.8, 4) is 0 Å². The third kappa shape index (κ3) is 3.20. The molecule has 0 aliphatic heterocycles. The van der Waals surface area contributed by atoms with Gasteiger partial charge in [-0.1, -0.05) is 11.6 Å². The van der Waals surface area contributed by atoms with E-state index in [1.165, 1.54) is 6.20 Å². The maximum Gasteiger partial charge on any atom is 0.442 e. The maximum absolute atomic E-state index is 11.0. The zero-order chi connectivity index (χ0) is 15.5. The topological polar surface area (TPSA) is 89.8 Å². The highest BCUT2D eigenvalue weighted by molar-refractivity contribution is 6.30. The van der Waals surface area contributed by atoms with E-state index < -0.39 is 11.3 Å². The lowest BCUT2D eigenvalue weighted by Gasteiger charge is -2.05. The molecule has 2 heterocycles. The fourth-order valence-corrected chi connectivity index (χ4v) is 2.09. The van der Waals surface area contributed by atoms with Gasteiger partial charge in [-0.3, -0.25) is 0 Å². The quantitative estimate of drug-likeness (QED) is 0.570. The number of anilines is 1. The number of aromatic nitrogens is 2. The predicted octanol–water partition coefficient (Wildman–Crippen LogP) is 1.94. The van der Waals surface area contributed by atoms with Crippen molar-refractivity contribution in [2.24, 2.45) is 0 Å². The number of nitrogens with zero attached hydrogens (tertiary/aromatic N) is 2. The number of aryl methyl sites for hydroxylation is 1. The number of fused-ring (bicyclic) bond motifs is 1. The average Bonchev–Trinajstić information content (AvgIpc) is 2.88. The Balaban J connectivity index is 1.58. The van der Waals surface area contributed by atoms with Crippen molar-refractivity contribution in [1.29, 1.82) is 0 Å². The summed E-state index contributed by atoms with van der Waals surface area (Å²) in [5, 5.41) is 3.95. The SMILES string of the molecule is O=c1oc2nc(CCCNc3ccc(Cl)cc3)cn2oc1=O. The van der Waals surface area contributed by atoms with Gasteiger partial charge in [0.25, 0.3) is 0 Å². The normalized spacial score (nSPS) is 11.0. The molecule has 2 aromatic heterocycles. The van der Waals surface area contributed by atoms with E-state index in [4.69, 9.17) is 20.5 Å². The standard InChI is InChI=1S/C14H12ClN3O4/c15-9-3-5-10(6-4-9)16-7-1-2-11-8-18-14(17-11)21-12(19)13(20)22-18/h3-6,8,16H,1-2,7H2. The first kappa shape index (κ1) is 14.4. The predicted molar refractivity (Wildman–Crippen MR) is 80.5 cm³/mol. The first-order valence-corrected chi connectivity index (χ1v) is 7.02. The second-order valence-corrected chi connectivity index (χ2v) is 5.08. The first-order valence-electron chi connectivity index (χ1n) is 6.64. The van der Waals surface area contributed by atoms with Crippen LogP contribution < -0.4 is 16.6 Å². The second-order valence-electron chi connectivity index (χ2n) is 4.65. The van der Waals surface area contributed by atoms with Crippen molar-refractivity contribution in [2.45, 2.75) is 12.8 Å². The van der Waals surface area contributed by atoms with Gasteiger partial charge < -0.3 is 14.3 Å². The highest BCUT2D eigenvalue weighted by Crippen LogP contribution is 2.13. The zero-order valence-corrected chi connectivity index (χ0v) is 12.2. The van der Waals surface area contributed by atoms with Gasteiger partial charge in [0.1, 0.15) is 0 Å². The number of halogens is 1. The van der Waals surface area contributed by atoms with E-state index in [9.17, 15) is 9.59 Å². The Labute approximate surface area is 129 Å². The molecule has 0 unspecified atom stereocenters. The third-order valence-corrected chi connectivity index (χ3v) is 3.26. The van der Waals surface area contributed by atoms with E-state index in [-0.39, 0.29) is 5.84 Å². The fraction of sp³-hybridized carbons (Fsp3) is 0.214. The molecule has 3 aromatic rings. The summed E-state index contributed by atoms with van der Waals surface area (Å²) in [6.45, 7) is 0.739. The summed E-state index contributed by atoms with van der Waals surface area (Å²) in [7, 11) is 0. The van der Waals surface area contributed by atoms with Crippen LogP contribution in [0.25, 0.3) is 5.84 Å². The van der Waals surface area contributed by atoms with E-state index in [2.05, 4.69) is 10.3 Å². The van der Waals surface area contributed by atoms with Gasteiger partial charge in [-0.2, -0.15) is 4.98 Å². The van der Waals surface area contributed by atoms with Crippen molar-refractivity contribution >= 4 is 23.1 Å². The molecule has 114 valence electrons. The Bertz CT molecular complexity index is 848. The van der Waals surface area contributed by atoms with E-state index in [1.54, 1.807) is 0 Å². The van der Waals surface area contributed by atoms with Crippen LogP contribution in [-0.2, 0) is 6.42 Å². The molecular weight excluding hydrogens is 310 g/mol. The molecule has 0 aliphatic carbocycles. The number of hydrogen-bond donors (Lipinski definition) is 1. The largest absolute Gasteiger partial charge is 0.442 e. The molecule has 0 fully saturated rings. The van der Waals surface area contributed by atoms with Crippen LogP contribution in [0.2, 0.25) is 5.02 Å². The Morgan fingerprint density at radius 1 is 1.18 bits per heavy atom. The summed E-state index contributed by atoms with van der Waals surface area (Å²) in [6, 6.07) is 7.43. The summed E-state index contributed by atoms with van der Waals surface area (Å²) in [4.78, 5) is 26.2. The van der Waals surface area contributed by atoms with Crippen molar-refractivity contribution in [3.05, 3.63) is 62.0 Å². The molecule has 0 saturated carbocycles. The molecule has 7 nitrogen and oxygen atoms in total. The number of hydrogen-bond acceptors (Lipinski definition) is 6. The van der Waals surface area contributed by atoms with Gasteiger partial charge in [-0.25, -0.2) is 9.59 Å². The number of imidazole rings is 1. The van der Waals surface area contributed by atoms with Crippen LogP contribution in [0.4, 0.5) is 5.69 Å². The lowest BCUT2D eigenvalue weighted by Crippen LogP contribution is -2.22. The summed E-state index contributed by atoms with van der Waals surface area (Å²) in [6.07, 6.45) is 2.98. The van der Waals surface area contributed by atoms with Crippen molar-refractivity contribution in [1.82, 2.24) is 9.56 Å².